The molecule has 108 valence electrons. The number of aliphatic hydroxyl groups is 1. The highest BCUT2D eigenvalue weighted by atomic mass is 32.2. The molecule has 0 bridgehead atoms. The molecule has 0 radical (unpaired) electrons. The van der Waals surface area contributed by atoms with E-state index in [1.165, 1.54) is 23.1 Å². The molecule has 0 unspecified atom stereocenters. The van der Waals surface area contributed by atoms with Crippen molar-refractivity contribution in [2.75, 3.05) is 19.5 Å². The quantitative estimate of drug-likeness (QED) is 0.864. The topological polar surface area (TPSA) is 77.2 Å². The van der Waals surface area contributed by atoms with Gasteiger partial charge in [-0.25, -0.2) is 9.97 Å². The highest BCUT2D eigenvalue weighted by molar-refractivity contribution is 8.00. The zero-order chi connectivity index (χ0) is 14.1. The first-order valence-electron chi connectivity index (χ1n) is 6.39. The summed E-state index contributed by atoms with van der Waals surface area (Å²) in [5, 5.41) is 9.52. The molecule has 3 heterocycles. The number of ether oxygens (including phenoxy) is 1. The first-order chi connectivity index (χ1) is 9.74. The van der Waals surface area contributed by atoms with E-state index in [2.05, 4.69) is 9.97 Å². The van der Waals surface area contributed by atoms with Crippen LogP contribution in [0.15, 0.2) is 9.13 Å². The molecular formula is C12H15N3O3S2. The molecule has 1 aliphatic rings. The standard InChI is InChI=1S/C12H15N3O3S2/c1-19-12-14-9-10(20-12)13-8(6-16)15(11(9)17)7-2-4-18-5-3-7/h7,16H,2-6H2,1H3. The maximum atomic E-state index is 12.6. The van der Waals surface area contributed by atoms with Crippen molar-refractivity contribution in [3.63, 3.8) is 0 Å². The third-order valence-corrected chi connectivity index (χ3v) is 5.33. The Morgan fingerprint density at radius 3 is 2.85 bits per heavy atom. The second kappa shape index (κ2) is 5.80. The summed E-state index contributed by atoms with van der Waals surface area (Å²) in [7, 11) is 0. The molecule has 20 heavy (non-hydrogen) atoms. The molecule has 1 fully saturated rings. The summed E-state index contributed by atoms with van der Waals surface area (Å²) in [5.74, 6) is 0.422. The lowest BCUT2D eigenvalue weighted by atomic mass is 10.1. The van der Waals surface area contributed by atoms with Gasteiger partial charge in [0.2, 0.25) is 0 Å². The summed E-state index contributed by atoms with van der Waals surface area (Å²) in [6.45, 7) is 1.02. The summed E-state index contributed by atoms with van der Waals surface area (Å²) < 4.78 is 7.75. The van der Waals surface area contributed by atoms with E-state index < -0.39 is 0 Å². The number of fused-ring (bicyclic) bond motifs is 1. The smallest absolute Gasteiger partial charge is 0.281 e. The molecule has 0 aromatic carbocycles. The van der Waals surface area contributed by atoms with E-state index in [-0.39, 0.29) is 18.2 Å². The van der Waals surface area contributed by atoms with E-state index in [1.807, 2.05) is 6.26 Å². The Morgan fingerprint density at radius 1 is 1.45 bits per heavy atom. The zero-order valence-corrected chi connectivity index (χ0v) is 12.7. The molecule has 3 rings (SSSR count). The van der Waals surface area contributed by atoms with Crippen LogP contribution in [0, 0.1) is 0 Å². The molecule has 2 aromatic heterocycles. The fourth-order valence-corrected chi connectivity index (χ4v) is 3.86. The molecule has 0 atom stereocenters. The molecule has 0 spiro atoms. The SMILES string of the molecule is CSc1nc2c(=O)n(C3CCOCC3)c(CO)nc2s1. The molecule has 1 N–H and O–H groups in total. The molecule has 0 amide bonds. The molecule has 0 aliphatic carbocycles. The number of hydrogen-bond donors (Lipinski definition) is 1. The van der Waals surface area contributed by atoms with E-state index in [0.29, 0.717) is 29.4 Å². The van der Waals surface area contributed by atoms with Gasteiger partial charge in [-0.15, -0.1) is 0 Å². The van der Waals surface area contributed by atoms with Crippen LogP contribution in [0.2, 0.25) is 0 Å². The fourth-order valence-electron chi connectivity index (χ4n) is 2.43. The van der Waals surface area contributed by atoms with Crippen LogP contribution in [0.25, 0.3) is 10.3 Å². The van der Waals surface area contributed by atoms with Gasteiger partial charge >= 0.3 is 0 Å². The zero-order valence-electron chi connectivity index (χ0n) is 11.0. The Labute approximate surface area is 123 Å². The van der Waals surface area contributed by atoms with Crippen LogP contribution in [-0.2, 0) is 11.3 Å². The maximum Gasteiger partial charge on any atom is 0.281 e. The fraction of sp³-hybridized carbons (Fsp3) is 0.583. The lowest BCUT2D eigenvalue weighted by Crippen LogP contribution is -2.32. The van der Waals surface area contributed by atoms with Gasteiger partial charge in [-0.1, -0.05) is 23.1 Å². The van der Waals surface area contributed by atoms with Crippen molar-refractivity contribution in [2.24, 2.45) is 0 Å². The predicted octanol–water partition coefficient (Wildman–Crippen LogP) is 1.42. The second-order valence-corrected chi connectivity index (χ2v) is 6.57. The van der Waals surface area contributed by atoms with Gasteiger partial charge in [0.25, 0.3) is 5.56 Å². The first kappa shape index (κ1) is 14.0. The molecular weight excluding hydrogens is 298 g/mol. The summed E-state index contributed by atoms with van der Waals surface area (Å²) in [6.07, 6.45) is 3.45. The minimum Gasteiger partial charge on any atom is -0.388 e. The van der Waals surface area contributed by atoms with E-state index in [9.17, 15) is 9.90 Å². The van der Waals surface area contributed by atoms with Crippen LogP contribution in [0.4, 0.5) is 0 Å². The lowest BCUT2D eigenvalue weighted by Gasteiger charge is -2.25. The lowest BCUT2D eigenvalue weighted by molar-refractivity contribution is 0.0663. The largest absolute Gasteiger partial charge is 0.388 e. The van der Waals surface area contributed by atoms with Gasteiger partial charge < -0.3 is 9.84 Å². The van der Waals surface area contributed by atoms with Gasteiger partial charge in [0, 0.05) is 19.3 Å². The highest BCUT2D eigenvalue weighted by Gasteiger charge is 2.23. The van der Waals surface area contributed by atoms with Crippen molar-refractivity contribution >= 4 is 33.4 Å². The third kappa shape index (κ3) is 2.37. The minimum atomic E-state index is -0.241. The number of thiazole rings is 1. The van der Waals surface area contributed by atoms with Crippen LogP contribution < -0.4 is 5.56 Å². The number of aromatic nitrogens is 3. The Balaban J connectivity index is 2.18. The average molecular weight is 313 g/mol. The Morgan fingerprint density at radius 2 is 2.20 bits per heavy atom. The van der Waals surface area contributed by atoms with Crippen LogP contribution >= 0.6 is 23.1 Å². The molecule has 1 saturated heterocycles. The summed E-state index contributed by atoms with van der Waals surface area (Å²) >= 11 is 2.88. The van der Waals surface area contributed by atoms with Crippen LogP contribution in [0.5, 0.6) is 0 Å². The Bertz CT molecular complexity index is 676. The van der Waals surface area contributed by atoms with Gasteiger partial charge in [-0.2, -0.15) is 0 Å². The second-order valence-electron chi connectivity index (χ2n) is 4.54. The van der Waals surface area contributed by atoms with Crippen molar-refractivity contribution in [3.8, 4) is 0 Å². The predicted molar refractivity (Wildman–Crippen MR) is 78.5 cm³/mol. The number of nitrogens with zero attached hydrogens (tertiary/aromatic N) is 3. The van der Waals surface area contributed by atoms with Crippen molar-refractivity contribution in [1.82, 2.24) is 14.5 Å². The summed E-state index contributed by atoms with van der Waals surface area (Å²) in [6, 6.07) is 0.0368. The first-order valence-corrected chi connectivity index (χ1v) is 8.43. The molecule has 8 heteroatoms. The Hall–Kier alpha value is -0.960. The van der Waals surface area contributed by atoms with Gasteiger partial charge in [-0.3, -0.25) is 9.36 Å². The average Bonchev–Trinajstić information content (AvgIpc) is 2.91. The van der Waals surface area contributed by atoms with Crippen molar-refractivity contribution in [1.29, 1.82) is 0 Å². The van der Waals surface area contributed by atoms with Crippen molar-refractivity contribution in [2.45, 2.75) is 29.8 Å². The molecule has 1 aliphatic heterocycles. The summed E-state index contributed by atoms with van der Waals surface area (Å²) in [5.41, 5.74) is 0.255. The van der Waals surface area contributed by atoms with E-state index in [0.717, 1.165) is 17.2 Å². The maximum absolute atomic E-state index is 12.6. The van der Waals surface area contributed by atoms with Gasteiger partial charge in [0.15, 0.2) is 14.7 Å². The van der Waals surface area contributed by atoms with E-state index >= 15 is 0 Å². The monoisotopic (exact) mass is 313 g/mol. The minimum absolute atomic E-state index is 0.0368. The number of aliphatic hydroxyl groups excluding tert-OH is 1. The number of hydrogen-bond acceptors (Lipinski definition) is 7. The van der Waals surface area contributed by atoms with Gasteiger partial charge in [-0.05, 0) is 19.1 Å². The van der Waals surface area contributed by atoms with E-state index in [4.69, 9.17) is 4.74 Å². The normalized spacial score (nSPS) is 16.9. The van der Waals surface area contributed by atoms with Crippen molar-refractivity contribution in [3.05, 3.63) is 16.2 Å². The molecule has 0 saturated carbocycles. The van der Waals surface area contributed by atoms with Crippen LogP contribution in [0.1, 0.15) is 24.7 Å². The Kier molecular flexibility index (Phi) is 4.06. The summed E-state index contributed by atoms with van der Waals surface area (Å²) in [4.78, 5) is 22.0. The van der Waals surface area contributed by atoms with Crippen molar-refractivity contribution < 1.29 is 9.84 Å². The highest BCUT2D eigenvalue weighted by Crippen LogP contribution is 2.27. The van der Waals surface area contributed by atoms with Gasteiger partial charge in [0.1, 0.15) is 12.4 Å². The molecule has 6 nitrogen and oxygen atoms in total. The van der Waals surface area contributed by atoms with Crippen LogP contribution in [0.3, 0.4) is 0 Å². The van der Waals surface area contributed by atoms with E-state index in [1.54, 1.807) is 4.57 Å². The third-order valence-electron chi connectivity index (χ3n) is 3.39. The molecule has 2 aromatic rings. The van der Waals surface area contributed by atoms with Gasteiger partial charge in [0.05, 0.1) is 0 Å². The number of rotatable bonds is 3. The number of thioether (sulfide) groups is 1. The van der Waals surface area contributed by atoms with Crippen LogP contribution in [-0.4, -0.2) is 39.1 Å².